The molecule has 4 atom stereocenters. The number of nitro benzene ring substituents is 1. The summed E-state index contributed by atoms with van der Waals surface area (Å²) in [5.41, 5.74) is 1.72. The molecule has 7 heteroatoms. The number of allylic oxidation sites excluding steroid dienone is 2. The molecule has 0 radical (unpaired) electrons. The number of ketones is 1. The van der Waals surface area contributed by atoms with Crippen LogP contribution < -0.4 is 4.90 Å². The number of carbonyl (C=O) groups is 3. The molecular formula is C32H28N2O5. The highest BCUT2D eigenvalue weighted by Gasteiger charge is 2.80. The van der Waals surface area contributed by atoms with Crippen molar-refractivity contribution in [3.63, 3.8) is 0 Å². The number of aryl methyl sites for hydroxylation is 1. The first-order chi connectivity index (χ1) is 18.7. The van der Waals surface area contributed by atoms with Crippen LogP contribution in [0.5, 0.6) is 0 Å². The van der Waals surface area contributed by atoms with E-state index in [4.69, 9.17) is 0 Å². The number of hydrogen-bond donors (Lipinski definition) is 0. The first kappa shape index (κ1) is 24.9. The number of non-ortho nitro benzene ring substituents is 1. The van der Waals surface area contributed by atoms with Gasteiger partial charge in [-0.1, -0.05) is 74.0 Å². The number of imide groups is 1. The lowest BCUT2D eigenvalue weighted by atomic mass is 9.61. The van der Waals surface area contributed by atoms with Gasteiger partial charge in [0.25, 0.3) is 5.69 Å². The van der Waals surface area contributed by atoms with Crippen molar-refractivity contribution >= 4 is 40.1 Å². The summed E-state index contributed by atoms with van der Waals surface area (Å²) >= 11 is 0. The quantitative estimate of drug-likeness (QED) is 0.225. The average Bonchev–Trinajstić information content (AvgIpc) is 3.39. The Morgan fingerprint density at radius 2 is 1.41 bits per heavy atom. The Labute approximate surface area is 226 Å². The van der Waals surface area contributed by atoms with Gasteiger partial charge in [0.15, 0.2) is 5.78 Å². The van der Waals surface area contributed by atoms with Crippen molar-refractivity contribution in [2.75, 3.05) is 4.90 Å². The Kier molecular flexibility index (Phi) is 5.47. The maximum atomic E-state index is 14.7. The van der Waals surface area contributed by atoms with Crippen molar-refractivity contribution in [3.05, 3.63) is 106 Å². The van der Waals surface area contributed by atoms with Crippen molar-refractivity contribution < 1.29 is 19.3 Å². The maximum Gasteiger partial charge on any atom is 0.269 e. The molecule has 6 rings (SSSR count). The summed E-state index contributed by atoms with van der Waals surface area (Å²) < 4.78 is 0. The molecule has 7 nitrogen and oxygen atoms in total. The van der Waals surface area contributed by atoms with Gasteiger partial charge in [-0.05, 0) is 54.2 Å². The average molecular weight is 521 g/mol. The fraction of sp³-hybridized carbons (Fsp3) is 0.281. The molecule has 0 unspecified atom stereocenters. The fourth-order valence-electron chi connectivity index (χ4n) is 7.60. The minimum absolute atomic E-state index is 0.0636. The van der Waals surface area contributed by atoms with Gasteiger partial charge >= 0.3 is 0 Å². The molecule has 1 heterocycles. The van der Waals surface area contributed by atoms with E-state index in [1.165, 1.54) is 23.1 Å². The SMILES string of the molecule is CCC[C@@]12C(=O)[C@@](C)(C(c3ccccc3)=C1c1ccccc1)[C@@H]1C(=O)N(c3ccc([N+](=O)[O-])cc3C)C(=O)[C@@H]12. The number of amides is 2. The second kappa shape index (κ2) is 8.56. The third kappa shape index (κ3) is 3.07. The monoisotopic (exact) mass is 520 g/mol. The predicted octanol–water partition coefficient (Wildman–Crippen LogP) is 6.01. The standard InChI is InChI=1S/C32H28N2O5/c1-4-17-32-25(21-13-9-6-10-14-21)24(20-11-7-5-8-12-20)31(3,30(32)37)26-27(32)29(36)33(28(26)35)23-16-15-22(34(38)39)18-19(23)2/h5-16,18,26-27H,4,17H2,1-3H3/t26-,27+,31-,32+/m0/s1. The predicted molar refractivity (Wildman–Crippen MR) is 147 cm³/mol. The fourth-order valence-corrected chi connectivity index (χ4v) is 7.60. The number of hydrogen-bond acceptors (Lipinski definition) is 5. The summed E-state index contributed by atoms with van der Waals surface area (Å²) in [6, 6.07) is 23.5. The van der Waals surface area contributed by atoms with Crippen LogP contribution in [0.4, 0.5) is 11.4 Å². The van der Waals surface area contributed by atoms with E-state index in [1.807, 2.05) is 74.5 Å². The van der Waals surface area contributed by atoms with Gasteiger partial charge in [-0.2, -0.15) is 0 Å². The molecule has 0 aromatic heterocycles. The third-order valence-corrected chi connectivity index (χ3v) is 8.95. The number of benzene rings is 3. The van der Waals surface area contributed by atoms with Gasteiger partial charge in [0.05, 0.1) is 33.3 Å². The van der Waals surface area contributed by atoms with E-state index < -0.39 is 39.4 Å². The molecule has 3 aliphatic rings. The summed E-state index contributed by atoms with van der Waals surface area (Å²) in [5, 5.41) is 11.3. The first-order valence-electron chi connectivity index (χ1n) is 13.2. The van der Waals surface area contributed by atoms with Crippen LogP contribution >= 0.6 is 0 Å². The molecule has 2 bridgehead atoms. The van der Waals surface area contributed by atoms with E-state index in [-0.39, 0.29) is 11.5 Å². The Morgan fingerprint density at radius 3 is 1.95 bits per heavy atom. The Balaban J connectivity index is 1.62. The van der Waals surface area contributed by atoms with Crippen LogP contribution in [0.1, 0.15) is 43.4 Å². The normalized spacial score (nSPS) is 27.5. The molecule has 1 saturated heterocycles. The van der Waals surface area contributed by atoms with Gasteiger partial charge in [-0.15, -0.1) is 0 Å². The third-order valence-electron chi connectivity index (χ3n) is 8.95. The van der Waals surface area contributed by atoms with Crippen LogP contribution in [0, 0.1) is 39.7 Å². The molecule has 196 valence electrons. The number of nitro groups is 1. The number of rotatable bonds is 6. The molecule has 0 N–H and O–H groups in total. The molecule has 2 fully saturated rings. The highest BCUT2D eigenvalue weighted by Crippen LogP contribution is 2.75. The van der Waals surface area contributed by atoms with Gasteiger partial charge in [-0.3, -0.25) is 24.5 Å². The molecular weight excluding hydrogens is 492 g/mol. The van der Waals surface area contributed by atoms with E-state index in [9.17, 15) is 24.5 Å². The second-order valence-corrected chi connectivity index (χ2v) is 10.9. The van der Waals surface area contributed by atoms with Crippen LogP contribution in [0.2, 0.25) is 0 Å². The molecule has 0 spiro atoms. The van der Waals surface area contributed by atoms with Crippen molar-refractivity contribution in [2.24, 2.45) is 22.7 Å². The van der Waals surface area contributed by atoms with Crippen molar-refractivity contribution in [3.8, 4) is 0 Å². The molecule has 3 aromatic carbocycles. The maximum absolute atomic E-state index is 14.7. The lowest BCUT2D eigenvalue weighted by molar-refractivity contribution is -0.384. The molecule has 1 saturated carbocycles. The number of anilines is 1. The van der Waals surface area contributed by atoms with E-state index >= 15 is 0 Å². The molecule has 3 aromatic rings. The smallest absolute Gasteiger partial charge is 0.269 e. The summed E-state index contributed by atoms with van der Waals surface area (Å²) in [6.07, 6.45) is 1.09. The molecule has 39 heavy (non-hydrogen) atoms. The van der Waals surface area contributed by atoms with Crippen LogP contribution in [-0.4, -0.2) is 22.5 Å². The molecule has 2 amide bonds. The first-order valence-corrected chi connectivity index (χ1v) is 13.2. The second-order valence-electron chi connectivity index (χ2n) is 10.9. The van der Waals surface area contributed by atoms with Gasteiger partial charge in [0, 0.05) is 12.1 Å². The zero-order valence-corrected chi connectivity index (χ0v) is 22.0. The topological polar surface area (TPSA) is 97.6 Å². The van der Waals surface area contributed by atoms with Gasteiger partial charge in [0.1, 0.15) is 0 Å². The minimum atomic E-state index is -1.21. The van der Waals surface area contributed by atoms with Gasteiger partial charge in [0.2, 0.25) is 11.8 Å². The van der Waals surface area contributed by atoms with Gasteiger partial charge in [-0.25, -0.2) is 4.90 Å². The van der Waals surface area contributed by atoms with Crippen molar-refractivity contribution in [1.29, 1.82) is 0 Å². The number of Topliss-reactive ketones (excluding diaryl/α,β-unsaturated/α-hetero) is 1. The molecule has 1 aliphatic heterocycles. The van der Waals surface area contributed by atoms with E-state index in [1.54, 1.807) is 6.92 Å². The Morgan fingerprint density at radius 1 is 0.846 bits per heavy atom. The summed E-state index contributed by atoms with van der Waals surface area (Å²) in [7, 11) is 0. The van der Waals surface area contributed by atoms with Crippen LogP contribution in [0.15, 0.2) is 78.9 Å². The zero-order chi connectivity index (χ0) is 27.7. The zero-order valence-electron chi connectivity index (χ0n) is 22.0. The van der Waals surface area contributed by atoms with E-state index in [2.05, 4.69) is 0 Å². The lowest BCUT2D eigenvalue weighted by Crippen LogP contribution is -2.41. The van der Waals surface area contributed by atoms with Crippen LogP contribution in [-0.2, 0) is 14.4 Å². The summed E-state index contributed by atoms with van der Waals surface area (Å²) in [5.74, 6) is -2.60. The lowest BCUT2D eigenvalue weighted by Gasteiger charge is -2.37. The van der Waals surface area contributed by atoms with Crippen molar-refractivity contribution in [1.82, 2.24) is 0 Å². The highest BCUT2D eigenvalue weighted by atomic mass is 16.6. The Hall–Kier alpha value is -4.39. The van der Waals surface area contributed by atoms with E-state index in [0.29, 0.717) is 24.1 Å². The van der Waals surface area contributed by atoms with E-state index in [0.717, 1.165) is 22.3 Å². The number of fused-ring (bicyclic) bond motifs is 5. The van der Waals surface area contributed by atoms with Gasteiger partial charge < -0.3 is 0 Å². The number of carbonyl (C=O) groups excluding carboxylic acids is 3. The minimum Gasteiger partial charge on any atom is -0.298 e. The summed E-state index contributed by atoms with van der Waals surface area (Å²) in [6.45, 7) is 5.48. The van der Waals surface area contributed by atoms with Crippen molar-refractivity contribution in [2.45, 2.75) is 33.6 Å². The van der Waals surface area contributed by atoms with Crippen LogP contribution in [0.3, 0.4) is 0 Å². The summed E-state index contributed by atoms with van der Waals surface area (Å²) in [4.78, 5) is 55.3. The van der Waals surface area contributed by atoms with Crippen LogP contribution in [0.25, 0.3) is 11.1 Å². The largest absolute Gasteiger partial charge is 0.298 e. The Bertz CT molecular complexity index is 1600. The number of nitrogens with zero attached hydrogens (tertiary/aromatic N) is 2. The molecule has 2 aliphatic carbocycles. The highest BCUT2D eigenvalue weighted by molar-refractivity contribution is 6.34.